The van der Waals surface area contributed by atoms with Gasteiger partial charge in [0, 0.05) is 26.1 Å². The Morgan fingerprint density at radius 2 is 2.00 bits per heavy atom. The molecule has 1 fully saturated rings. The maximum absolute atomic E-state index is 11.9. The van der Waals surface area contributed by atoms with E-state index in [2.05, 4.69) is 10.6 Å². The van der Waals surface area contributed by atoms with Crippen LogP contribution in [-0.2, 0) is 14.3 Å². The first kappa shape index (κ1) is 13.9. The van der Waals surface area contributed by atoms with Gasteiger partial charge in [-0.05, 0) is 14.0 Å². The van der Waals surface area contributed by atoms with E-state index in [0.717, 1.165) is 0 Å². The molecule has 1 aliphatic rings. The van der Waals surface area contributed by atoms with E-state index in [1.54, 1.807) is 18.9 Å². The number of hydrogen-bond donors (Lipinski definition) is 2. The Hall–Kier alpha value is -1.14. The van der Waals surface area contributed by atoms with Crippen LogP contribution in [0.3, 0.4) is 0 Å². The van der Waals surface area contributed by atoms with Crippen LogP contribution in [-0.4, -0.2) is 62.7 Å². The number of amides is 2. The van der Waals surface area contributed by atoms with Crippen molar-refractivity contribution in [1.82, 2.24) is 15.5 Å². The molecule has 1 saturated heterocycles. The monoisotopic (exact) mass is 243 g/mol. The molecule has 17 heavy (non-hydrogen) atoms. The molecule has 0 aromatic rings. The summed E-state index contributed by atoms with van der Waals surface area (Å²) in [5.74, 6) is -0.139. The Labute approximate surface area is 102 Å². The Morgan fingerprint density at radius 3 is 2.59 bits per heavy atom. The van der Waals surface area contributed by atoms with Crippen molar-refractivity contribution in [2.75, 3.05) is 39.9 Å². The molecule has 1 heterocycles. The van der Waals surface area contributed by atoms with Crippen LogP contribution in [0.4, 0.5) is 0 Å². The van der Waals surface area contributed by atoms with Gasteiger partial charge in [-0.1, -0.05) is 0 Å². The molecule has 0 saturated carbocycles. The average Bonchev–Trinajstić information content (AvgIpc) is 2.36. The van der Waals surface area contributed by atoms with Gasteiger partial charge in [-0.15, -0.1) is 0 Å². The highest BCUT2D eigenvalue weighted by molar-refractivity contribution is 5.87. The molecule has 0 radical (unpaired) electrons. The van der Waals surface area contributed by atoms with Gasteiger partial charge in [0.2, 0.25) is 11.8 Å². The summed E-state index contributed by atoms with van der Waals surface area (Å²) in [5, 5.41) is 5.59. The number of hydrogen-bond acceptors (Lipinski definition) is 4. The second kappa shape index (κ2) is 7.24. The van der Waals surface area contributed by atoms with Gasteiger partial charge in [0.25, 0.3) is 0 Å². The smallest absolute Gasteiger partial charge is 0.245 e. The van der Waals surface area contributed by atoms with Crippen LogP contribution in [0.1, 0.15) is 13.3 Å². The number of nitrogens with zero attached hydrogens (tertiary/aromatic N) is 1. The highest BCUT2D eigenvalue weighted by Gasteiger charge is 2.23. The molecular formula is C11H21N3O3. The molecule has 0 bridgehead atoms. The van der Waals surface area contributed by atoms with Crippen LogP contribution in [0.15, 0.2) is 0 Å². The summed E-state index contributed by atoms with van der Waals surface area (Å²) >= 11 is 0. The van der Waals surface area contributed by atoms with Crippen molar-refractivity contribution in [2.24, 2.45) is 0 Å². The molecule has 2 N–H and O–H groups in total. The lowest BCUT2D eigenvalue weighted by molar-refractivity contribution is -0.139. The quantitative estimate of drug-likeness (QED) is 0.647. The molecule has 1 atom stereocenters. The predicted octanol–water partition coefficient (Wildman–Crippen LogP) is -1.04. The van der Waals surface area contributed by atoms with Crippen molar-refractivity contribution < 1.29 is 14.3 Å². The number of carbonyl (C=O) groups excluding carboxylic acids is 2. The molecular weight excluding hydrogens is 222 g/mol. The summed E-state index contributed by atoms with van der Waals surface area (Å²) in [4.78, 5) is 25.1. The zero-order chi connectivity index (χ0) is 12.7. The zero-order valence-corrected chi connectivity index (χ0v) is 10.5. The maximum atomic E-state index is 11.9. The maximum Gasteiger partial charge on any atom is 0.245 e. The number of morpholine rings is 1. The Kier molecular flexibility index (Phi) is 5.93. The van der Waals surface area contributed by atoms with E-state index in [-0.39, 0.29) is 11.8 Å². The van der Waals surface area contributed by atoms with Crippen LogP contribution in [0.25, 0.3) is 0 Å². The minimum Gasteiger partial charge on any atom is -0.378 e. The SMILES string of the molecule is CNCCC(=O)NC(C)C(=O)N1CCOCC1. The molecule has 0 aliphatic carbocycles. The number of ether oxygens (including phenoxy) is 1. The highest BCUT2D eigenvalue weighted by Crippen LogP contribution is 2.00. The van der Waals surface area contributed by atoms with Crippen molar-refractivity contribution in [2.45, 2.75) is 19.4 Å². The summed E-state index contributed by atoms with van der Waals surface area (Å²) in [6.07, 6.45) is 0.386. The lowest BCUT2D eigenvalue weighted by Gasteiger charge is -2.29. The third-order valence-corrected chi connectivity index (χ3v) is 2.67. The molecule has 6 nitrogen and oxygen atoms in total. The normalized spacial score (nSPS) is 17.6. The van der Waals surface area contributed by atoms with Crippen LogP contribution < -0.4 is 10.6 Å². The van der Waals surface area contributed by atoms with E-state index >= 15 is 0 Å². The largest absolute Gasteiger partial charge is 0.378 e. The van der Waals surface area contributed by atoms with Crippen molar-refractivity contribution in [1.29, 1.82) is 0 Å². The molecule has 0 aromatic carbocycles. The molecule has 2 amide bonds. The van der Waals surface area contributed by atoms with Crippen molar-refractivity contribution in [3.05, 3.63) is 0 Å². The summed E-state index contributed by atoms with van der Waals surface area (Å²) in [7, 11) is 1.79. The molecule has 1 rings (SSSR count). The number of nitrogens with one attached hydrogen (secondary N) is 2. The number of rotatable bonds is 5. The third-order valence-electron chi connectivity index (χ3n) is 2.67. The first-order valence-corrected chi connectivity index (χ1v) is 5.95. The summed E-state index contributed by atoms with van der Waals surface area (Å²) in [5.41, 5.74) is 0. The standard InChI is InChI=1S/C11H21N3O3/c1-9(13-10(15)3-4-12-2)11(16)14-5-7-17-8-6-14/h9,12H,3-8H2,1-2H3,(H,13,15). The van der Waals surface area contributed by atoms with Gasteiger partial charge in [0.15, 0.2) is 0 Å². The van der Waals surface area contributed by atoms with Gasteiger partial charge in [-0.25, -0.2) is 0 Å². The molecule has 0 aromatic heterocycles. The van der Waals surface area contributed by atoms with E-state index in [9.17, 15) is 9.59 Å². The second-order valence-corrected chi connectivity index (χ2v) is 4.08. The van der Waals surface area contributed by atoms with Crippen molar-refractivity contribution in [3.8, 4) is 0 Å². The van der Waals surface area contributed by atoms with E-state index in [1.807, 2.05) is 0 Å². The minimum atomic E-state index is -0.461. The van der Waals surface area contributed by atoms with E-state index < -0.39 is 6.04 Å². The molecule has 0 spiro atoms. The number of carbonyl (C=O) groups is 2. The molecule has 1 unspecified atom stereocenters. The van der Waals surface area contributed by atoms with Crippen LogP contribution in [0.2, 0.25) is 0 Å². The van der Waals surface area contributed by atoms with Gasteiger partial charge in [0.1, 0.15) is 6.04 Å². The predicted molar refractivity (Wildman–Crippen MR) is 63.5 cm³/mol. The Bertz CT molecular complexity index is 265. The van der Waals surface area contributed by atoms with Gasteiger partial charge < -0.3 is 20.3 Å². The van der Waals surface area contributed by atoms with Gasteiger partial charge in [-0.2, -0.15) is 0 Å². The average molecular weight is 243 g/mol. The Balaban J connectivity index is 2.32. The first-order chi connectivity index (χ1) is 8.15. The molecule has 6 heteroatoms. The van der Waals surface area contributed by atoms with Crippen molar-refractivity contribution >= 4 is 11.8 Å². The topological polar surface area (TPSA) is 70.7 Å². The van der Waals surface area contributed by atoms with Crippen molar-refractivity contribution in [3.63, 3.8) is 0 Å². The summed E-state index contributed by atoms with van der Waals surface area (Å²) in [6.45, 7) is 4.70. The lowest BCUT2D eigenvalue weighted by atomic mass is 10.2. The van der Waals surface area contributed by atoms with Crippen LogP contribution in [0, 0.1) is 0 Å². The van der Waals surface area contributed by atoms with Gasteiger partial charge in [-0.3, -0.25) is 9.59 Å². The fourth-order valence-corrected chi connectivity index (χ4v) is 1.67. The third kappa shape index (κ3) is 4.70. The zero-order valence-electron chi connectivity index (χ0n) is 10.5. The minimum absolute atomic E-state index is 0.0360. The highest BCUT2D eigenvalue weighted by atomic mass is 16.5. The van der Waals surface area contributed by atoms with E-state index in [4.69, 9.17) is 4.74 Å². The lowest BCUT2D eigenvalue weighted by Crippen LogP contribution is -2.50. The molecule has 1 aliphatic heterocycles. The Morgan fingerprint density at radius 1 is 1.35 bits per heavy atom. The summed E-state index contributed by atoms with van der Waals surface area (Å²) in [6, 6.07) is -0.461. The van der Waals surface area contributed by atoms with Gasteiger partial charge >= 0.3 is 0 Å². The summed E-state index contributed by atoms with van der Waals surface area (Å²) < 4.78 is 5.17. The van der Waals surface area contributed by atoms with E-state index in [0.29, 0.717) is 39.3 Å². The van der Waals surface area contributed by atoms with E-state index in [1.165, 1.54) is 0 Å². The van der Waals surface area contributed by atoms with Gasteiger partial charge in [0.05, 0.1) is 13.2 Å². The second-order valence-electron chi connectivity index (χ2n) is 4.08. The van der Waals surface area contributed by atoms with Crippen LogP contribution in [0.5, 0.6) is 0 Å². The molecule has 98 valence electrons. The fraction of sp³-hybridized carbons (Fsp3) is 0.818. The fourth-order valence-electron chi connectivity index (χ4n) is 1.67. The van der Waals surface area contributed by atoms with Crippen LogP contribution >= 0.6 is 0 Å². The first-order valence-electron chi connectivity index (χ1n) is 5.95.